The van der Waals surface area contributed by atoms with Crippen LogP contribution in [0.5, 0.6) is 0 Å². The first-order valence-electron chi connectivity index (χ1n) is 8.16. The second kappa shape index (κ2) is 6.61. The molecule has 0 amide bonds. The highest BCUT2D eigenvalue weighted by molar-refractivity contribution is 5.96. The minimum atomic E-state index is -0.680. The summed E-state index contributed by atoms with van der Waals surface area (Å²) in [7, 11) is 0. The van der Waals surface area contributed by atoms with Crippen molar-refractivity contribution in [2.75, 3.05) is 0 Å². The van der Waals surface area contributed by atoms with Crippen molar-refractivity contribution in [3.63, 3.8) is 0 Å². The molecule has 1 aromatic heterocycles. The minimum Gasteiger partial charge on any atom is -0.259 e. The zero-order chi connectivity index (χ0) is 19.0. The SMILES string of the molecule is N#Cc1cccc2c(-c3ccc(F)cc3)n(Cc3ccc(F)cc3F)nc12. The second-order valence-electron chi connectivity index (χ2n) is 6.06. The molecule has 27 heavy (non-hydrogen) atoms. The van der Waals surface area contributed by atoms with E-state index in [1.54, 1.807) is 35.0 Å². The van der Waals surface area contributed by atoms with E-state index in [1.165, 1.54) is 24.3 Å². The smallest absolute Gasteiger partial charge is 0.131 e. The summed E-state index contributed by atoms with van der Waals surface area (Å²) in [5.41, 5.74) is 2.42. The van der Waals surface area contributed by atoms with Gasteiger partial charge in [-0.15, -0.1) is 0 Å². The van der Waals surface area contributed by atoms with E-state index in [9.17, 15) is 18.4 Å². The van der Waals surface area contributed by atoms with Crippen LogP contribution in [0, 0.1) is 28.8 Å². The van der Waals surface area contributed by atoms with E-state index < -0.39 is 11.6 Å². The molecule has 0 N–H and O–H groups in total. The molecule has 3 aromatic carbocycles. The zero-order valence-electron chi connectivity index (χ0n) is 14.0. The Hall–Kier alpha value is -3.59. The van der Waals surface area contributed by atoms with Crippen LogP contribution < -0.4 is 0 Å². The standard InChI is InChI=1S/C21H12F3N3/c22-16-7-4-13(5-8-16)21-18-3-1-2-14(11-25)20(18)26-27(21)12-15-6-9-17(23)10-19(15)24/h1-10H,12H2. The number of nitrogens with zero attached hydrogens (tertiary/aromatic N) is 3. The Kier molecular flexibility index (Phi) is 4.13. The van der Waals surface area contributed by atoms with Crippen LogP contribution in [0.4, 0.5) is 13.2 Å². The predicted octanol–water partition coefficient (Wildman–Crippen LogP) is 5.04. The molecule has 3 nitrogen and oxygen atoms in total. The average molecular weight is 363 g/mol. The molecule has 0 saturated carbocycles. The molecule has 0 fully saturated rings. The lowest BCUT2D eigenvalue weighted by atomic mass is 10.1. The lowest BCUT2D eigenvalue weighted by molar-refractivity contribution is 0.560. The van der Waals surface area contributed by atoms with Crippen LogP contribution in [0.2, 0.25) is 0 Å². The highest BCUT2D eigenvalue weighted by Gasteiger charge is 2.17. The quantitative estimate of drug-likeness (QED) is 0.512. The molecule has 0 atom stereocenters. The monoisotopic (exact) mass is 363 g/mol. The van der Waals surface area contributed by atoms with Gasteiger partial charge in [0, 0.05) is 22.6 Å². The van der Waals surface area contributed by atoms with Crippen LogP contribution in [0.1, 0.15) is 11.1 Å². The van der Waals surface area contributed by atoms with Gasteiger partial charge < -0.3 is 0 Å². The van der Waals surface area contributed by atoms with Gasteiger partial charge in [-0.25, -0.2) is 13.2 Å². The van der Waals surface area contributed by atoms with Gasteiger partial charge in [0.25, 0.3) is 0 Å². The Morgan fingerprint density at radius 2 is 1.67 bits per heavy atom. The fourth-order valence-corrected chi connectivity index (χ4v) is 3.08. The summed E-state index contributed by atoms with van der Waals surface area (Å²) in [4.78, 5) is 0. The third-order valence-corrected chi connectivity index (χ3v) is 4.34. The molecule has 132 valence electrons. The van der Waals surface area contributed by atoms with Crippen molar-refractivity contribution in [2.45, 2.75) is 6.54 Å². The van der Waals surface area contributed by atoms with Gasteiger partial charge in [-0.2, -0.15) is 10.4 Å². The van der Waals surface area contributed by atoms with Gasteiger partial charge in [0.1, 0.15) is 29.0 Å². The van der Waals surface area contributed by atoms with E-state index in [0.717, 1.165) is 6.07 Å². The Morgan fingerprint density at radius 3 is 2.37 bits per heavy atom. The highest BCUT2D eigenvalue weighted by Crippen LogP contribution is 2.31. The molecule has 0 aliphatic carbocycles. The van der Waals surface area contributed by atoms with Crippen molar-refractivity contribution in [3.05, 3.63) is 89.2 Å². The maximum atomic E-state index is 14.1. The molecule has 1 heterocycles. The van der Waals surface area contributed by atoms with E-state index in [1.807, 2.05) is 0 Å². The maximum absolute atomic E-state index is 14.1. The second-order valence-corrected chi connectivity index (χ2v) is 6.06. The highest BCUT2D eigenvalue weighted by atomic mass is 19.1. The van der Waals surface area contributed by atoms with Crippen LogP contribution in [0.25, 0.3) is 22.2 Å². The van der Waals surface area contributed by atoms with Gasteiger partial charge in [0.2, 0.25) is 0 Å². The van der Waals surface area contributed by atoms with E-state index in [4.69, 9.17) is 0 Å². The topological polar surface area (TPSA) is 41.6 Å². The molecule has 0 aliphatic heterocycles. The average Bonchev–Trinajstić information content (AvgIpc) is 3.03. The van der Waals surface area contributed by atoms with E-state index >= 15 is 0 Å². The van der Waals surface area contributed by atoms with E-state index in [-0.39, 0.29) is 17.9 Å². The third kappa shape index (κ3) is 3.04. The van der Waals surface area contributed by atoms with Gasteiger partial charge in [-0.3, -0.25) is 4.68 Å². The molecule has 0 aliphatic rings. The third-order valence-electron chi connectivity index (χ3n) is 4.34. The Labute approximate surface area is 152 Å². The zero-order valence-corrected chi connectivity index (χ0v) is 14.0. The van der Waals surface area contributed by atoms with Crippen molar-refractivity contribution >= 4 is 10.9 Å². The van der Waals surface area contributed by atoms with Crippen molar-refractivity contribution in [3.8, 4) is 17.3 Å². The molecule has 0 radical (unpaired) electrons. The first kappa shape index (κ1) is 16.9. The van der Waals surface area contributed by atoms with Crippen LogP contribution in [0.3, 0.4) is 0 Å². The molecular weight excluding hydrogens is 351 g/mol. The number of hydrogen-bond acceptors (Lipinski definition) is 2. The first-order valence-corrected chi connectivity index (χ1v) is 8.16. The summed E-state index contributed by atoms with van der Waals surface area (Å²) in [5, 5.41) is 14.5. The largest absolute Gasteiger partial charge is 0.259 e. The number of nitriles is 1. The van der Waals surface area contributed by atoms with E-state index in [2.05, 4.69) is 11.2 Å². The summed E-state index contributed by atoms with van der Waals surface area (Å²) in [6, 6.07) is 16.5. The van der Waals surface area contributed by atoms with Crippen LogP contribution in [0.15, 0.2) is 60.7 Å². The summed E-state index contributed by atoms with van der Waals surface area (Å²) in [5.74, 6) is -1.72. The molecule has 0 saturated heterocycles. The Bertz CT molecular complexity index is 1190. The number of halogens is 3. The summed E-state index contributed by atoms with van der Waals surface area (Å²) >= 11 is 0. The van der Waals surface area contributed by atoms with Crippen molar-refractivity contribution in [2.24, 2.45) is 0 Å². The minimum absolute atomic E-state index is 0.0401. The van der Waals surface area contributed by atoms with Crippen molar-refractivity contribution in [1.82, 2.24) is 9.78 Å². The molecular formula is C21H12F3N3. The lowest BCUT2D eigenvalue weighted by Gasteiger charge is -2.09. The van der Waals surface area contributed by atoms with Gasteiger partial charge in [-0.1, -0.05) is 18.2 Å². The lowest BCUT2D eigenvalue weighted by Crippen LogP contribution is -2.06. The summed E-state index contributed by atoms with van der Waals surface area (Å²) in [6.07, 6.45) is 0. The fraction of sp³-hybridized carbons (Fsp3) is 0.0476. The molecule has 0 bridgehead atoms. The van der Waals surface area contributed by atoms with Gasteiger partial charge in [0.05, 0.1) is 17.8 Å². The predicted molar refractivity (Wildman–Crippen MR) is 95.3 cm³/mol. The maximum Gasteiger partial charge on any atom is 0.131 e. The number of aromatic nitrogens is 2. The Balaban J connectivity index is 1.94. The van der Waals surface area contributed by atoms with Gasteiger partial charge >= 0.3 is 0 Å². The van der Waals surface area contributed by atoms with Crippen molar-refractivity contribution in [1.29, 1.82) is 5.26 Å². The summed E-state index contributed by atoms with van der Waals surface area (Å²) in [6.45, 7) is 0.0401. The molecule has 4 aromatic rings. The molecule has 0 unspecified atom stereocenters. The van der Waals surface area contributed by atoms with E-state index in [0.29, 0.717) is 27.7 Å². The number of hydrogen-bond donors (Lipinski definition) is 0. The van der Waals surface area contributed by atoms with Gasteiger partial charge in [0.15, 0.2) is 0 Å². The molecule has 6 heteroatoms. The molecule has 0 spiro atoms. The summed E-state index contributed by atoms with van der Waals surface area (Å²) < 4.78 is 42.2. The molecule has 4 rings (SSSR count). The Morgan fingerprint density at radius 1 is 0.926 bits per heavy atom. The van der Waals surface area contributed by atoms with Crippen molar-refractivity contribution < 1.29 is 13.2 Å². The number of benzene rings is 3. The van der Waals surface area contributed by atoms with Crippen LogP contribution in [-0.2, 0) is 6.54 Å². The van der Waals surface area contributed by atoms with Gasteiger partial charge in [-0.05, 0) is 36.4 Å². The fourth-order valence-electron chi connectivity index (χ4n) is 3.08. The van der Waals surface area contributed by atoms with Crippen LogP contribution in [-0.4, -0.2) is 9.78 Å². The normalized spacial score (nSPS) is 10.9. The number of fused-ring (bicyclic) bond motifs is 1. The first-order chi connectivity index (χ1) is 13.1. The van der Waals surface area contributed by atoms with Crippen LogP contribution >= 0.6 is 0 Å². The number of rotatable bonds is 3.